The van der Waals surface area contributed by atoms with Crippen molar-refractivity contribution in [3.63, 3.8) is 0 Å². The molecule has 2 nitrogen and oxygen atoms in total. The van der Waals surface area contributed by atoms with Gasteiger partial charge in [0.05, 0.1) is 0 Å². The Hall–Kier alpha value is -1.22. The second kappa shape index (κ2) is 6.98. The van der Waals surface area contributed by atoms with Crippen molar-refractivity contribution in [1.29, 1.82) is 0 Å². The Kier molecular flexibility index (Phi) is 5.30. The van der Waals surface area contributed by atoms with Crippen molar-refractivity contribution < 1.29 is 4.74 Å². The van der Waals surface area contributed by atoms with Crippen LogP contribution in [0.1, 0.15) is 18.9 Å². The van der Waals surface area contributed by atoms with E-state index >= 15 is 0 Å². The molecule has 0 aliphatic heterocycles. The number of hydrogen-bond acceptors (Lipinski definition) is 2. The Bertz CT molecular complexity index is 586. The van der Waals surface area contributed by atoms with Gasteiger partial charge in [-0.2, -0.15) is 0 Å². The first-order chi connectivity index (χ1) is 9.58. The van der Waals surface area contributed by atoms with Crippen LogP contribution in [0.3, 0.4) is 0 Å². The number of nitrogens with two attached hydrogens (primary N) is 1. The van der Waals surface area contributed by atoms with E-state index in [1.54, 1.807) is 18.2 Å². The summed E-state index contributed by atoms with van der Waals surface area (Å²) in [6.07, 6.45) is 1.70. The van der Waals surface area contributed by atoms with Gasteiger partial charge >= 0.3 is 0 Å². The van der Waals surface area contributed by atoms with Gasteiger partial charge in [-0.15, -0.1) is 0 Å². The maximum absolute atomic E-state index is 6.27. The lowest BCUT2D eigenvalue weighted by atomic mass is 10.0. The first kappa shape index (κ1) is 15.2. The molecule has 1 unspecified atom stereocenters. The lowest BCUT2D eigenvalue weighted by Crippen LogP contribution is -2.21. The SMILES string of the molecule is CCC(N)Cc1ccc(Oc2cccc(Cl)c2)cc1Cl. The van der Waals surface area contributed by atoms with Gasteiger partial charge in [-0.1, -0.05) is 42.3 Å². The van der Waals surface area contributed by atoms with Gasteiger partial charge in [-0.25, -0.2) is 0 Å². The zero-order chi connectivity index (χ0) is 14.5. The molecule has 0 heterocycles. The molecule has 0 saturated carbocycles. The van der Waals surface area contributed by atoms with Crippen molar-refractivity contribution in [3.8, 4) is 11.5 Å². The molecule has 0 aliphatic rings. The Balaban J connectivity index is 2.13. The predicted molar refractivity (Wildman–Crippen MR) is 84.9 cm³/mol. The summed E-state index contributed by atoms with van der Waals surface area (Å²) in [6, 6.07) is 13.0. The van der Waals surface area contributed by atoms with E-state index in [0.717, 1.165) is 18.4 Å². The molecule has 0 spiro atoms. The third-order valence-electron chi connectivity index (χ3n) is 3.06. The van der Waals surface area contributed by atoms with Gasteiger partial charge in [0.15, 0.2) is 0 Å². The number of halogens is 2. The molecule has 4 heteroatoms. The van der Waals surface area contributed by atoms with Crippen molar-refractivity contribution in [1.82, 2.24) is 0 Å². The van der Waals surface area contributed by atoms with Crippen LogP contribution in [0.25, 0.3) is 0 Å². The van der Waals surface area contributed by atoms with Crippen LogP contribution in [-0.2, 0) is 6.42 Å². The molecule has 0 aromatic heterocycles. The molecular formula is C16H17Cl2NO. The molecule has 0 fully saturated rings. The molecule has 106 valence electrons. The smallest absolute Gasteiger partial charge is 0.128 e. The van der Waals surface area contributed by atoms with Crippen LogP contribution in [0.2, 0.25) is 10.0 Å². The fourth-order valence-corrected chi connectivity index (χ4v) is 2.28. The quantitative estimate of drug-likeness (QED) is 0.837. The average molecular weight is 310 g/mol. The Labute approximate surface area is 129 Å². The molecule has 0 radical (unpaired) electrons. The van der Waals surface area contributed by atoms with Gasteiger partial charge in [0.1, 0.15) is 11.5 Å². The molecule has 0 amide bonds. The predicted octanol–water partition coefficient (Wildman–Crippen LogP) is 5.07. The summed E-state index contributed by atoms with van der Waals surface area (Å²) in [5, 5.41) is 1.31. The van der Waals surface area contributed by atoms with Gasteiger partial charge < -0.3 is 10.5 Å². The van der Waals surface area contributed by atoms with Crippen molar-refractivity contribution in [2.75, 3.05) is 0 Å². The van der Waals surface area contributed by atoms with E-state index in [4.69, 9.17) is 33.7 Å². The van der Waals surface area contributed by atoms with E-state index in [2.05, 4.69) is 6.92 Å². The van der Waals surface area contributed by atoms with Crippen LogP contribution in [0.5, 0.6) is 11.5 Å². The maximum atomic E-state index is 6.27. The normalized spacial score (nSPS) is 12.2. The largest absolute Gasteiger partial charge is 0.457 e. The summed E-state index contributed by atoms with van der Waals surface area (Å²) < 4.78 is 5.73. The first-order valence-electron chi connectivity index (χ1n) is 6.56. The van der Waals surface area contributed by atoms with E-state index in [1.165, 1.54) is 0 Å². The van der Waals surface area contributed by atoms with Gasteiger partial charge in [0.25, 0.3) is 0 Å². The topological polar surface area (TPSA) is 35.2 Å². The minimum Gasteiger partial charge on any atom is -0.457 e. The highest BCUT2D eigenvalue weighted by molar-refractivity contribution is 6.31. The molecule has 20 heavy (non-hydrogen) atoms. The highest BCUT2D eigenvalue weighted by atomic mass is 35.5. The van der Waals surface area contributed by atoms with E-state index in [-0.39, 0.29) is 6.04 Å². The third-order valence-corrected chi connectivity index (χ3v) is 3.65. The van der Waals surface area contributed by atoms with Gasteiger partial charge in [0, 0.05) is 16.1 Å². The molecule has 2 aromatic carbocycles. The summed E-state index contributed by atoms with van der Waals surface area (Å²) in [5.41, 5.74) is 6.99. The monoisotopic (exact) mass is 309 g/mol. The van der Waals surface area contributed by atoms with Gasteiger partial charge in [-0.3, -0.25) is 0 Å². The molecule has 2 aromatic rings. The van der Waals surface area contributed by atoms with E-state index < -0.39 is 0 Å². The fourth-order valence-electron chi connectivity index (χ4n) is 1.85. The lowest BCUT2D eigenvalue weighted by Gasteiger charge is -2.12. The molecule has 1 atom stereocenters. The summed E-state index contributed by atoms with van der Waals surface area (Å²) in [5.74, 6) is 1.37. The van der Waals surface area contributed by atoms with Crippen LogP contribution in [-0.4, -0.2) is 6.04 Å². The Morgan fingerprint density at radius 3 is 2.50 bits per heavy atom. The van der Waals surface area contributed by atoms with Crippen LogP contribution in [0.15, 0.2) is 42.5 Å². The second-order valence-corrected chi connectivity index (χ2v) is 5.53. The van der Waals surface area contributed by atoms with E-state index in [9.17, 15) is 0 Å². The van der Waals surface area contributed by atoms with Crippen molar-refractivity contribution >= 4 is 23.2 Å². The zero-order valence-corrected chi connectivity index (χ0v) is 12.8. The van der Waals surface area contributed by atoms with Gasteiger partial charge in [0.2, 0.25) is 0 Å². The van der Waals surface area contributed by atoms with Crippen LogP contribution in [0.4, 0.5) is 0 Å². The van der Waals surface area contributed by atoms with Crippen molar-refractivity contribution in [2.24, 2.45) is 5.73 Å². The fraction of sp³-hybridized carbons (Fsp3) is 0.250. The van der Waals surface area contributed by atoms with Crippen molar-refractivity contribution in [2.45, 2.75) is 25.8 Å². The molecule has 2 rings (SSSR count). The number of ether oxygens (including phenoxy) is 1. The Morgan fingerprint density at radius 2 is 1.85 bits per heavy atom. The van der Waals surface area contributed by atoms with E-state index in [1.807, 2.05) is 24.3 Å². The van der Waals surface area contributed by atoms with Crippen molar-refractivity contribution in [3.05, 3.63) is 58.1 Å². The first-order valence-corrected chi connectivity index (χ1v) is 7.31. The lowest BCUT2D eigenvalue weighted by molar-refractivity contribution is 0.482. The minimum atomic E-state index is 0.132. The molecule has 0 bridgehead atoms. The summed E-state index contributed by atoms with van der Waals surface area (Å²) >= 11 is 12.2. The van der Waals surface area contributed by atoms with E-state index in [0.29, 0.717) is 21.5 Å². The summed E-state index contributed by atoms with van der Waals surface area (Å²) in [4.78, 5) is 0. The second-order valence-electron chi connectivity index (χ2n) is 4.69. The molecule has 2 N–H and O–H groups in total. The highest BCUT2D eigenvalue weighted by Gasteiger charge is 2.07. The van der Waals surface area contributed by atoms with Crippen LogP contribution >= 0.6 is 23.2 Å². The number of hydrogen-bond donors (Lipinski definition) is 1. The average Bonchev–Trinajstić information content (AvgIpc) is 2.41. The molecule has 0 aliphatic carbocycles. The standard InChI is InChI=1S/C16H17Cl2NO/c1-2-13(19)8-11-6-7-15(10-16(11)18)20-14-5-3-4-12(17)9-14/h3-7,9-10,13H,2,8,19H2,1H3. The minimum absolute atomic E-state index is 0.132. The Morgan fingerprint density at radius 1 is 1.10 bits per heavy atom. The van der Waals surface area contributed by atoms with Crippen LogP contribution < -0.4 is 10.5 Å². The number of benzene rings is 2. The van der Waals surface area contributed by atoms with Crippen LogP contribution in [0, 0.1) is 0 Å². The summed E-state index contributed by atoms with van der Waals surface area (Å²) in [7, 11) is 0. The number of rotatable bonds is 5. The maximum Gasteiger partial charge on any atom is 0.128 e. The van der Waals surface area contributed by atoms with Gasteiger partial charge in [-0.05, 0) is 48.7 Å². The third kappa shape index (κ3) is 4.14. The molecular weight excluding hydrogens is 293 g/mol. The zero-order valence-electron chi connectivity index (χ0n) is 11.3. The molecule has 0 saturated heterocycles. The summed E-state index contributed by atoms with van der Waals surface area (Å²) in [6.45, 7) is 2.06. The highest BCUT2D eigenvalue weighted by Crippen LogP contribution is 2.28.